The van der Waals surface area contributed by atoms with Gasteiger partial charge in [0.1, 0.15) is 24.4 Å². The first-order chi connectivity index (χ1) is 20.8. The van der Waals surface area contributed by atoms with Crippen LogP contribution in [0.25, 0.3) is 0 Å². The summed E-state index contributed by atoms with van der Waals surface area (Å²) in [6.45, 7) is 17.2. The average molecular weight is 637 g/mol. The molecule has 6 fully saturated rings. The number of hydrogen-bond acceptors (Lipinski definition) is 9. The van der Waals surface area contributed by atoms with Crippen LogP contribution in [-0.2, 0) is 14.2 Å². The van der Waals surface area contributed by atoms with Crippen LogP contribution >= 0.6 is 0 Å². The van der Waals surface area contributed by atoms with E-state index in [9.17, 15) is 30.6 Å². The highest BCUT2D eigenvalue weighted by molar-refractivity contribution is 5.23. The maximum absolute atomic E-state index is 12.0. The van der Waals surface area contributed by atoms with Crippen molar-refractivity contribution in [2.45, 2.75) is 161 Å². The summed E-state index contributed by atoms with van der Waals surface area (Å²) in [5.41, 5.74) is -0.547. The second kappa shape index (κ2) is 11.2. The molecule has 9 heteroatoms. The van der Waals surface area contributed by atoms with Crippen molar-refractivity contribution in [3.05, 3.63) is 11.6 Å². The van der Waals surface area contributed by atoms with E-state index in [1.165, 1.54) is 0 Å². The molecule has 2 saturated heterocycles. The summed E-state index contributed by atoms with van der Waals surface area (Å²) in [5.74, 6) is 0.473. The molecule has 4 aliphatic carbocycles. The van der Waals surface area contributed by atoms with Gasteiger partial charge < -0.3 is 44.8 Å². The minimum atomic E-state index is -1.51. The molecule has 258 valence electrons. The van der Waals surface area contributed by atoms with Crippen LogP contribution in [0.3, 0.4) is 0 Å². The third-order valence-corrected chi connectivity index (χ3v) is 14.7. The Kier molecular flexibility index (Phi) is 8.53. The normalized spacial score (nSPS) is 57.2. The first-order valence-corrected chi connectivity index (χ1v) is 17.5. The Hall–Kier alpha value is -0.620. The lowest BCUT2D eigenvalue weighted by atomic mass is 9.34. The molecule has 17 unspecified atom stereocenters. The van der Waals surface area contributed by atoms with E-state index < -0.39 is 60.5 Å². The smallest absolute Gasteiger partial charge is 0.187 e. The zero-order chi connectivity index (χ0) is 33.1. The lowest BCUT2D eigenvalue weighted by Gasteiger charge is -2.71. The molecular weight excluding hydrogens is 576 g/mol. The van der Waals surface area contributed by atoms with Gasteiger partial charge in [0.25, 0.3) is 0 Å². The average Bonchev–Trinajstić information content (AvgIpc) is 3.27. The molecule has 0 amide bonds. The Labute approximate surface area is 269 Å². The van der Waals surface area contributed by atoms with Gasteiger partial charge in [-0.05, 0) is 105 Å². The lowest BCUT2D eigenvalue weighted by Crippen LogP contribution is -2.69. The van der Waals surface area contributed by atoms with Gasteiger partial charge in [-0.25, -0.2) is 0 Å². The Morgan fingerprint density at radius 1 is 0.844 bits per heavy atom. The van der Waals surface area contributed by atoms with Crippen LogP contribution in [0, 0.1) is 45.3 Å². The summed E-state index contributed by atoms with van der Waals surface area (Å²) in [4.78, 5) is 0. The van der Waals surface area contributed by atoms with Gasteiger partial charge in [0.2, 0.25) is 0 Å². The number of aliphatic hydroxyl groups is 6. The number of allylic oxidation sites excluding steroid dienone is 1. The molecule has 2 heterocycles. The first-order valence-electron chi connectivity index (χ1n) is 17.5. The number of hydrogen-bond donors (Lipinski definition) is 6. The minimum Gasteiger partial charge on any atom is -0.394 e. The van der Waals surface area contributed by atoms with Gasteiger partial charge in [0, 0.05) is 6.42 Å². The molecule has 6 N–H and O–H groups in total. The van der Waals surface area contributed by atoms with Crippen LogP contribution in [0.2, 0.25) is 0 Å². The fourth-order valence-electron chi connectivity index (χ4n) is 12.6. The molecule has 0 aromatic heterocycles. The van der Waals surface area contributed by atoms with Crippen molar-refractivity contribution in [2.24, 2.45) is 45.3 Å². The van der Waals surface area contributed by atoms with E-state index in [0.29, 0.717) is 18.8 Å². The quantitative estimate of drug-likeness (QED) is 0.256. The van der Waals surface area contributed by atoms with E-state index in [1.54, 1.807) is 0 Å². The summed E-state index contributed by atoms with van der Waals surface area (Å²) in [7, 11) is 0. The van der Waals surface area contributed by atoms with E-state index in [-0.39, 0.29) is 46.2 Å². The predicted molar refractivity (Wildman–Crippen MR) is 168 cm³/mol. The molecule has 0 spiro atoms. The van der Waals surface area contributed by atoms with Gasteiger partial charge in [0.15, 0.2) is 6.29 Å². The number of aliphatic hydroxyl groups excluding tert-OH is 6. The number of rotatable bonds is 4. The van der Waals surface area contributed by atoms with Crippen molar-refractivity contribution in [1.82, 2.24) is 0 Å². The molecule has 2 aliphatic heterocycles. The highest BCUT2D eigenvalue weighted by atomic mass is 16.7. The molecule has 9 nitrogen and oxygen atoms in total. The van der Waals surface area contributed by atoms with Crippen LogP contribution < -0.4 is 0 Å². The highest BCUT2D eigenvalue weighted by Crippen LogP contribution is 2.76. The third kappa shape index (κ3) is 4.88. The second-order valence-corrected chi connectivity index (χ2v) is 17.7. The molecule has 0 aromatic rings. The van der Waals surface area contributed by atoms with Gasteiger partial charge in [-0.3, -0.25) is 0 Å². The molecule has 0 aromatic carbocycles. The Bertz CT molecular complexity index is 1150. The van der Waals surface area contributed by atoms with Gasteiger partial charge >= 0.3 is 0 Å². The second-order valence-electron chi connectivity index (χ2n) is 17.7. The van der Waals surface area contributed by atoms with Crippen LogP contribution in [0.5, 0.6) is 0 Å². The van der Waals surface area contributed by atoms with Gasteiger partial charge in [0.05, 0.1) is 36.6 Å². The SMILES string of the molecule is CC(C)=CC1CC(C)(OC2OC(CO)C(O)C(O)C2O)C2CCC3(C)C2C(CC2C4(C)CCC(O)C(C)(C)C4C(O)CC23C)O1. The predicted octanol–water partition coefficient (Wildman–Crippen LogP) is 3.31. The maximum atomic E-state index is 12.0. The lowest BCUT2D eigenvalue weighted by molar-refractivity contribution is -0.334. The van der Waals surface area contributed by atoms with Gasteiger partial charge in [-0.15, -0.1) is 0 Å². The molecule has 0 bridgehead atoms. The fraction of sp³-hybridized carbons (Fsp3) is 0.944. The summed E-state index contributed by atoms with van der Waals surface area (Å²) in [6.07, 6.45) is -0.212. The summed E-state index contributed by atoms with van der Waals surface area (Å²) >= 11 is 0. The number of ether oxygens (including phenoxy) is 3. The van der Waals surface area contributed by atoms with Crippen molar-refractivity contribution in [2.75, 3.05) is 6.61 Å². The van der Waals surface area contributed by atoms with Crippen LogP contribution in [0.1, 0.15) is 100 Å². The molecule has 6 rings (SSSR count). The Morgan fingerprint density at radius 3 is 2.18 bits per heavy atom. The first kappa shape index (κ1) is 34.3. The molecule has 0 radical (unpaired) electrons. The van der Waals surface area contributed by atoms with Crippen molar-refractivity contribution >= 4 is 0 Å². The van der Waals surface area contributed by atoms with E-state index in [0.717, 1.165) is 37.7 Å². The highest BCUT2D eigenvalue weighted by Gasteiger charge is 2.74. The molecular formula is C36H60O9. The van der Waals surface area contributed by atoms with E-state index in [2.05, 4.69) is 61.5 Å². The van der Waals surface area contributed by atoms with Crippen molar-refractivity contribution in [1.29, 1.82) is 0 Å². The Morgan fingerprint density at radius 2 is 1.53 bits per heavy atom. The standard InChI is InChI=1S/C36H60O9/c1-18(2)13-19-15-36(8,45-31-29(42)28(41)27(40)23(17-37)44-31)20-9-12-34(6)26(20)22(43-19)14-24-33(5)11-10-25(39)32(3,4)30(33)21(38)16-35(24,34)7/h13,19-31,37-42H,9-12,14-17H2,1-8H3. The van der Waals surface area contributed by atoms with Crippen molar-refractivity contribution < 1.29 is 44.8 Å². The van der Waals surface area contributed by atoms with Crippen LogP contribution in [-0.4, -0.2) is 98.0 Å². The zero-order valence-corrected chi connectivity index (χ0v) is 28.6. The maximum Gasteiger partial charge on any atom is 0.187 e. The van der Waals surface area contributed by atoms with E-state index in [4.69, 9.17) is 14.2 Å². The zero-order valence-electron chi connectivity index (χ0n) is 28.6. The third-order valence-electron chi connectivity index (χ3n) is 14.7. The summed E-state index contributed by atoms with van der Waals surface area (Å²) < 4.78 is 19.9. The summed E-state index contributed by atoms with van der Waals surface area (Å²) in [6, 6.07) is 0. The van der Waals surface area contributed by atoms with Crippen LogP contribution in [0.4, 0.5) is 0 Å². The van der Waals surface area contributed by atoms with Crippen molar-refractivity contribution in [3.8, 4) is 0 Å². The Balaban J connectivity index is 1.41. The minimum absolute atomic E-state index is 0.0108. The monoisotopic (exact) mass is 636 g/mol. The van der Waals surface area contributed by atoms with E-state index >= 15 is 0 Å². The van der Waals surface area contributed by atoms with Crippen LogP contribution in [0.15, 0.2) is 11.6 Å². The fourth-order valence-corrected chi connectivity index (χ4v) is 12.6. The molecule has 45 heavy (non-hydrogen) atoms. The van der Waals surface area contributed by atoms with Gasteiger partial charge in [-0.1, -0.05) is 46.3 Å². The topological polar surface area (TPSA) is 149 Å². The summed E-state index contributed by atoms with van der Waals surface area (Å²) in [5, 5.41) is 65.0. The molecule has 6 aliphatic rings. The number of fused-ring (bicyclic) bond motifs is 4. The van der Waals surface area contributed by atoms with E-state index in [1.807, 2.05) is 0 Å². The van der Waals surface area contributed by atoms with Gasteiger partial charge in [-0.2, -0.15) is 0 Å². The molecule has 17 atom stereocenters. The van der Waals surface area contributed by atoms with Crippen molar-refractivity contribution in [3.63, 3.8) is 0 Å². The largest absolute Gasteiger partial charge is 0.394 e. The molecule has 4 saturated carbocycles.